The molecular formula is C17H21N3. The van der Waals surface area contributed by atoms with Crippen LogP contribution in [0.15, 0.2) is 48.8 Å². The lowest BCUT2D eigenvalue weighted by Gasteiger charge is -2.27. The third kappa shape index (κ3) is 2.29. The van der Waals surface area contributed by atoms with E-state index in [1.54, 1.807) is 6.20 Å². The van der Waals surface area contributed by atoms with Gasteiger partial charge in [-0.2, -0.15) is 0 Å². The number of hydrogen-bond acceptors (Lipinski definition) is 3. The van der Waals surface area contributed by atoms with Crippen LogP contribution in [0.4, 0.5) is 5.69 Å². The van der Waals surface area contributed by atoms with Crippen LogP contribution in [0, 0.1) is 0 Å². The molecule has 1 atom stereocenters. The Balaban J connectivity index is 1.86. The Hall–Kier alpha value is -1.87. The summed E-state index contributed by atoms with van der Waals surface area (Å²) in [5.41, 5.74) is 9.72. The first-order chi connectivity index (χ1) is 9.76. The molecule has 1 aromatic heterocycles. The third-order valence-corrected chi connectivity index (χ3v) is 4.52. The molecule has 1 saturated carbocycles. The molecule has 0 spiro atoms. The minimum atomic E-state index is 0.262. The number of pyridine rings is 1. The summed E-state index contributed by atoms with van der Waals surface area (Å²) in [5.74, 6) is 0. The molecule has 0 aliphatic heterocycles. The molecule has 0 bridgehead atoms. The van der Waals surface area contributed by atoms with Crippen LogP contribution in [0.2, 0.25) is 0 Å². The fourth-order valence-electron chi connectivity index (χ4n) is 3.15. The minimum Gasteiger partial charge on any atom is -0.398 e. The Morgan fingerprint density at radius 1 is 1.25 bits per heavy atom. The van der Waals surface area contributed by atoms with E-state index in [-0.39, 0.29) is 5.41 Å². The predicted molar refractivity (Wildman–Crippen MR) is 82.6 cm³/mol. The number of nitrogens with one attached hydrogen (secondary N) is 1. The van der Waals surface area contributed by atoms with E-state index < -0.39 is 0 Å². The number of nitrogens with two attached hydrogens (primary N) is 1. The van der Waals surface area contributed by atoms with Crippen molar-refractivity contribution in [1.82, 2.24) is 10.3 Å². The van der Waals surface area contributed by atoms with Crippen LogP contribution in [0.3, 0.4) is 0 Å². The van der Waals surface area contributed by atoms with E-state index >= 15 is 0 Å². The van der Waals surface area contributed by atoms with Crippen molar-refractivity contribution in [2.24, 2.45) is 0 Å². The average molecular weight is 267 g/mol. The lowest BCUT2D eigenvalue weighted by Crippen LogP contribution is -2.39. The molecule has 1 aliphatic rings. The van der Waals surface area contributed by atoms with E-state index in [4.69, 9.17) is 5.73 Å². The summed E-state index contributed by atoms with van der Waals surface area (Å²) in [4.78, 5) is 4.20. The van der Waals surface area contributed by atoms with Crippen molar-refractivity contribution in [3.8, 4) is 0 Å². The van der Waals surface area contributed by atoms with E-state index in [0.29, 0.717) is 6.04 Å². The molecule has 1 fully saturated rings. The largest absolute Gasteiger partial charge is 0.398 e. The van der Waals surface area contributed by atoms with Gasteiger partial charge < -0.3 is 11.1 Å². The zero-order valence-electron chi connectivity index (χ0n) is 11.8. The molecule has 0 radical (unpaired) electrons. The second-order valence-electron chi connectivity index (χ2n) is 5.64. The highest BCUT2D eigenvalue weighted by Crippen LogP contribution is 2.51. The second-order valence-corrected chi connectivity index (χ2v) is 5.64. The topological polar surface area (TPSA) is 50.9 Å². The summed E-state index contributed by atoms with van der Waals surface area (Å²) in [5, 5.41) is 3.50. The number of benzene rings is 1. The summed E-state index contributed by atoms with van der Waals surface area (Å²) in [6, 6.07) is 13.1. The molecule has 3 rings (SSSR count). The van der Waals surface area contributed by atoms with Crippen LogP contribution in [0.1, 0.15) is 24.0 Å². The van der Waals surface area contributed by atoms with Crippen molar-refractivity contribution >= 4 is 5.69 Å². The van der Waals surface area contributed by atoms with Crippen LogP contribution in [0.25, 0.3) is 0 Å². The maximum atomic E-state index is 6.06. The van der Waals surface area contributed by atoms with E-state index in [2.05, 4.69) is 40.6 Å². The standard InChI is InChI=1S/C17H21N3/c1-19-16(11-13-12-20-10-7-15(13)18)17(8-9-17)14-5-3-2-4-6-14/h2-7,10,12,16,19H,8-9,11H2,1H3,(H2,18,20). The fraction of sp³-hybridized carbons (Fsp3) is 0.353. The van der Waals surface area contributed by atoms with Crippen molar-refractivity contribution in [3.05, 3.63) is 59.9 Å². The monoisotopic (exact) mass is 267 g/mol. The van der Waals surface area contributed by atoms with Crippen LogP contribution in [-0.4, -0.2) is 18.1 Å². The average Bonchev–Trinajstić information content (AvgIpc) is 3.29. The van der Waals surface area contributed by atoms with Gasteiger partial charge in [0, 0.05) is 29.5 Å². The number of nitrogens with zero attached hydrogens (tertiary/aromatic N) is 1. The summed E-state index contributed by atoms with van der Waals surface area (Å²) in [7, 11) is 2.04. The summed E-state index contributed by atoms with van der Waals surface area (Å²) >= 11 is 0. The van der Waals surface area contributed by atoms with Gasteiger partial charge in [0.25, 0.3) is 0 Å². The summed E-state index contributed by atoms with van der Waals surface area (Å²) < 4.78 is 0. The van der Waals surface area contributed by atoms with Crippen molar-refractivity contribution in [2.45, 2.75) is 30.7 Å². The van der Waals surface area contributed by atoms with Gasteiger partial charge >= 0.3 is 0 Å². The molecule has 1 aliphatic carbocycles. The molecule has 2 aromatic rings. The Kier molecular flexibility index (Phi) is 3.45. The van der Waals surface area contributed by atoms with Gasteiger partial charge in [-0.25, -0.2) is 0 Å². The smallest absolute Gasteiger partial charge is 0.0378 e. The number of anilines is 1. The fourth-order valence-corrected chi connectivity index (χ4v) is 3.15. The number of hydrogen-bond donors (Lipinski definition) is 2. The Bertz CT molecular complexity index is 576. The SMILES string of the molecule is CNC(Cc1cnccc1N)C1(c2ccccc2)CC1. The molecule has 3 N–H and O–H groups in total. The molecule has 1 heterocycles. The molecule has 1 aromatic carbocycles. The highest BCUT2D eigenvalue weighted by atomic mass is 14.9. The van der Waals surface area contributed by atoms with Gasteiger partial charge in [0.1, 0.15) is 0 Å². The molecular weight excluding hydrogens is 246 g/mol. The number of nitrogen functional groups attached to an aromatic ring is 1. The Labute approximate surface area is 120 Å². The van der Waals surface area contributed by atoms with Gasteiger partial charge in [-0.15, -0.1) is 0 Å². The van der Waals surface area contributed by atoms with Crippen molar-refractivity contribution in [1.29, 1.82) is 0 Å². The molecule has 1 unspecified atom stereocenters. The van der Waals surface area contributed by atoms with Gasteiger partial charge in [0.2, 0.25) is 0 Å². The summed E-state index contributed by atoms with van der Waals surface area (Å²) in [6.07, 6.45) is 7.04. The zero-order chi connectivity index (χ0) is 14.0. The van der Waals surface area contributed by atoms with Gasteiger partial charge in [-0.05, 0) is 43.5 Å². The third-order valence-electron chi connectivity index (χ3n) is 4.52. The molecule has 3 nitrogen and oxygen atoms in total. The number of likely N-dealkylation sites (N-methyl/N-ethyl adjacent to an activating group) is 1. The first-order valence-electron chi connectivity index (χ1n) is 7.17. The maximum Gasteiger partial charge on any atom is 0.0378 e. The number of aromatic nitrogens is 1. The quantitative estimate of drug-likeness (QED) is 0.875. The maximum absolute atomic E-state index is 6.06. The van der Waals surface area contributed by atoms with E-state index in [1.165, 1.54) is 18.4 Å². The van der Waals surface area contributed by atoms with E-state index in [1.807, 2.05) is 19.3 Å². The van der Waals surface area contributed by atoms with Crippen LogP contribution in [-0.2, 0) is 11.8 Å². The van der Waals surface area contributed by atoms with Gasteiger partial charge in [-0.3, -0.25) is 4.98 Å². The molecule has 104 valence electrons. The molecule has 0 saturated heterocycles. The van der Waals surface area contributed by atoms with Gasteiger partial charge in [-0.1, -0.05) is 30.3 Å². The Morgan fingerprint density at radius 2 is 2.00 bits per heavy atom. The highest BCUT2D eigenvalue weighted by molar-refractivity contribution is 5.46. The van der Waals surface area contributed by atoms with E-state index in [9.17, 15) is 0 Å². The molecule has 20 heavy (non-hydrogen) atoms. The normalized spacial score (nSPS) is 17.6. The van der Waals surface area contributed by atoms with Crippen LogP contribution < -0.4 is 11.1 Å². The molecule has 3 heteroatoms. The summed E-state index contributed by atoms with van der Waals surface area (Å²) in [6.45, 7) is 0. The van der Waals surface area contributed by atoms with Gasteiger partial charge in [0.15, 0.2) is 0 Å². The van der Waals surface area contributed by atoms with Gasteiger partial charge in [0.05, 0.1) is 0 Å². The van der Waals surface area contributed by atoms with Crippen LogP contribution in [0.5, 0.6) is 0 Å². The minimum absolute atomic E-state index is 0.262. The van der Waals surface area contributed by atoms with Crippen molar-refractivity contribution in [2.75, 3.05) is 12.8 Å². The zero-order valence-corrected chi connectivity index (χ0v) is 11.8. The Morgan fingerprint density at radius 3 is 2.60 bits per heavy atom. The second kappa shape index (κ2) is 5.25. The van der Waals surface area contributed by atoms with E-state index in [0.717, 1.165) is 17.7 Å². The first kappa shape index (κ1) is 13.1. The van der Waals surface area contributed by atoms with Crippen molar-refractivity contribution < 1.29 is 0 Å². The molecule has 0 amide bonds. The first-order valence-corrected chi connectivity index (χ1v) is 7.17. The number of rotatable bonds is 5. The lowest BCUT2D eigenvalue weighted by atomic mass is 9.84. The predicted octanol–water partition coefficient (Wildman–Crippen LogP) is 2.53. The van der Waals surface area contributed by atoms with Crippen molar-refractivity contribution in [3.63, 3.8) is 0 Å². The lowest BCUT2D eigenvalue weighted by molar-refractivity contribution is 0.442. The highest BCUT2D eigenvalue weighted by Gasteiger charge is 2.49. The van der Waals surface area contributed by atoms with Crippen LogP contribution >= 0.6 is 0 Å².